The van der Waals surface area contributed by atoms with E-state index in [1.807, 2.05) is 6.07 Å². The van der Waals surface area contributed by atoms with E-state index in [1.165, 1.54) is 4.90 Å². The second-order valence-electron chi connectivity index (χ2n) is 5.72. The lowest BCUT2D eigenvalue weighted by molar-refractivity contribution is 0.0775. The minimum Gasteiger partial charge on any atom is -0.333 e. The third-order valence-electron chi connectivity index (χ3n) is 3.76. The second-order valence-corrected chi connectivity index (χ2v) is 5.72. The zero-order valence-corrected chi connectivity index (χ0v) is 13.7. The third-order valence-corrected chi connectivity index (χ3v) is 3.76. The number of rotatable bonds is 5. The van der Waals surface area contributed by atoms with Crippen molar-refractivity contribution in [2.45, 2.75) is 26.3 Å². The minimum atomic E-state index is -0.218. The van der Waals surface area contributed by atoms with Crippen molar-refractivity contribution in [2.75, 3.05) is 7.05 Å². The normalized spacial score (nSPS) is 10.9. The fourth-order valence-electron chi connectivity index (χ4n) is 2.57. The minimum absolute atomic E-state index is 0.203. The van der Waals surface area contributed by atoms with E-state index in [1.54, 1.807) is 31.3 Å². The summed E-state index contributed by atoms with van der Waals surface area (Å²) in [6, 6.07) is 8.88. The van der Waals surface area contributed by atoms with Crippen LogP contribution in [0.5, 0.6) is 0 Å². The summed E-state index contributed by atoms with van der Waals surface area (Å²) in [5.41, 5.74) is 1.71. The van der Waals surface area contributed by atoms with Crippen LogP contribution in [0.4, 0.5) is 0 Å². The Morgan fingerprint density at radius 2 is 2.08 bits per heavy atom. The molecule has 0 atom stereocenters. The molecule has 7 nitrogen and oxygen atoms in total. The highest BCUT2D eigenvalue weighted by Gasteiger charge is 2.16. The molecule has 2 N–H and O–H groups in total. The Labute approximate surface area is 138 Å². The van der Waals surface area contributed by atoms with Gasteiger partial charge in [0.2, 0.25) is 0 Å². The van der Waals surface area contributed by atoms with Gasteiger partial charge in [-0.1, -0.05) is 25.5 Å². The van der Waals surface area contributed by atoms with Crippen molar-refractivity contribution in [3.8, 4) is 0 Å². The predicted molar refractivity (Wildman–Crippen MR) is 90.7 cm³/mol. The molecule has 1 aromatic carbocycles. The summed E-state index contributed by atoms with van der Waals surface area (Å²) in [7, 11) is 1.66. The van der Waals surface area contributed by atoms with Crippen LogP contribution in [0.25, 0.3) is 10.9 Å². The number of para-hydroxylation sites is 1. The molecule has 0 bridgehead atoms. The number of carbonyl (C=O) groups is 1. The topological polar surface area (TPSA) is 94.7 Å². The Morgan fingerprint density at radius 3 is 2.88 bits per heavy atom. The maximum absolute atomic E-state index is 12.4. The van der Waals surface area contributed by atoms with E-state index in [-0.39, 0.29) is 18.0 Å². The number of aromatic amines is 2. The van der Waals surface area contributed by atoms with E-state index in [0.717, 1.165) is 18.5 Å². The number of nitrogens with one attached hydrogen (secondary N) is 2. The molecular formula is C17H19N5O2. The van der Waals surface area contributed by atoms with Crippen LogP contribution in [0.3, 0.4) is 0 Å². The monoisotopic (exact) mass is 325 g/mol. The number of carbonyl (C=O) groups excluding carboxylic acids is 1. The number of hydrogen-bond acceptors (Lipinski definition) is 4. The van der Waals surface area contributed by atoms with Crippen molar-refractivity contribution < 1.29 is 4.79 Å². The van der Waals surface area contributed by atoms with Gasteiger partial charge in [-0.05, 0) is 24.6 Å². The molecule has 0 radical (unpaired) electrons. The molecule has 1 amide bonds. The average molecular weight is 325 g/mol. The van der Waals surface area contributed by atoms with Crippen LogP contribution in [-0.2, 0) is 13.0 Å². The Morgan fingerprint density at radius 1 is 1.29 bits per heavy atom. The van der Waals surface area contributed by atoms with Crippen LogP contribution in [-0.4, -0.2) is 38.0 Å². The highest BCUT2D eigenvalue weighted by atomic mass is 16.2. The lowest BCUT2D eigenvalue weighted by Gasteiger charge is -2.15. The van der Waals surface area contributed by atoms with Crippen LogP contribution in [0, 0.1) is 0 Å². The van der Waals surface area contributed by atoms with E-state index in [0.29, 0.717) is 22.4 Å². The molecule has 2 aromatic heterocycles. The highest BCUT2D eigenvalue weighted by molar-refractivity contribution is 5.92. The zero-order valence-electron chi connectivity index (χ0n) is 13.7. The Hall–Kier alpha value is -2.96. The molecule has 0 aliphatic heterocycles. The van der Waals surface area contributed by atoms with Crippen molar-refractivity contribution >= 4 is 16.8 Å². The van der Waals surface area contributed by atoms with E-state index in [4.69, 9.17) is 0 Å². The van der Waals surface area contributed by atoms with Gasteiger partial charge < -0.3 is 9.88 Å². The van der Waals surface area contributed by atoms with Crippen molar-refractivity contribution in [2.24, 2.45) is 0 Å². The van der Waals surface area contributed by atoms with Crippen LogP contribution < -0.4 is 5.56 Å². The van der Waals surface area contributed by atoms with Gasteiger partial charge in [0, 0.05) is 12.7 Å². The van der Waals surface area contributed by atoms with E-state index in [9.17, 15) is 9.59 Å². The molecule has 7 heteroatoms. The number of H-pyrrole nitrogens is 2. The zero-order chi connectivity index (χ0) is 17.1. The molecule has 0 saturated heterocycles. The summed E-state index contributed by atoms with van der Waals surface area (Å²) in [5.74, 6) is 0.225. The molecule has 0 aliphatic carbocycles. The van der Waals surface area contributed by atoms with Crippen LogP contribution in [0.1, 0.15) is 35.4 Å². The second kappa shape index (κ2) is 6.66. The molecule has 0 spiro atoms. The smallest absolute Gasteiger partial charge is 0.274 e. The largest absolute Gasteiger partial charge is 0.333 e. The first-order valence-corrected chi connectivity index (χ1v) is 7.86. The van der Waals surface area contributed by atoms with Gasteiger partial charge in [-0.15, -0.1) is 0 Å². The summed E-state index contributed by atoms with van der Waals surface area (Å²) in [4.78, 5) is 33.1. The third kappa shape index (κ3) is 3.19. The molecule has 2 heterocycles. The number of benzene rings is 1. The number of aryl methyl sites for hydroxylation is 1. The molecule has 3 rings (SSSR count). The van der Waals surface area contributed by atoms with Crippen LogP contribution in [0.2, 0.25) is 0 Å². The lowest BCUT2D eigenvalue weighted by atomic mass is 10.2. The summed E-state index contributed by atoms with van der Waals surface area (Å²) in [6.07, 6.45) is 1.83. The number of aromatic nitrogens is 4. The number of fused-ring (bicyclic) bond motifs is 1. The van der Waals surface area contributed by atoms with Gasteiger partial charge in [-0.3, -0.25) is 14.7 Å². The summed E-state index contributed by atoms with van der Waals surface area (Å²) in [5, 5.41) is 7.46. The lowest BCUT2D eigenvalue weighted by Crippen LogP contribution is -2.28. The van der Waals surface area contributed by atoms with Crippen LogP contribution >= 0.6 is 0 Å². The molecule has 0 saturated carbocycles. The van der Waals surface area contributed by atoms with Gasteiger partial charge >= 0.3 is 0 Å². The summed E-state index contributed by atoms with van der Waals surface area (Å²) in [6.45, 7) is 2.27. The number of hydrogen-bond donors (Lipinski definition) is 2. The number of nitrogens with zero attached hydrogens (tertiary/aromatic N) is 3. The van der Waals surface area contributed by atoms with Gasteiger partial charge in [-0.2, -0.15) is 5.10 Å². The summed E-state index contributed by atoms with van der Waals surface area (Å²) < 4.78 is 0. The van der Waals surface area contributed by atoms with Gasteiger partial charge in [0.1, 0.15) is 11.5 Å². The maximum Gasteiger partial charge on any atom is 0.274 e. The first-order valence-electron chi connectivity index (χ1n) is 7.86. The predicted octanol–water partition coefficient (Wildman–Crippen LogP) is 1.87. The highest BCUT2D eigenvalue weighted by Crippen LogP contribution is 2.09. The summed E-state index contributed by atoms with van der Waals surface area (Å²) >= 11 is 0. The first-order chi connectivity index (χ1) is 11.6. The van der Waals surface area contributed by atoms with Crippen molar-refractivity contribution in [1.29, 1.82) is 0 Å². The van der Waals surface area contributed by atoms with E-state index in [2.05, 4.69) is 27.1 Å². The molecule has 3 aromatic rings. The standard InChI is InChI=1S/C17H19N5O2/c1-3-6-11-9-14(21-20-11)17(24)22(2)10-15-18-13-8-5-4-7-12(13)16(23)19-15/h4-5,7-9H,3,6,10H2,1-2H3,(H,20,21)(H,18,19,23). The Kier molecular flexibility index (Phi) is 4.41. The average Bonchev–Trinajstić information content (AvgIpc) is 3.03. The van der Waals surface area contributed by atoms with Gasteiger partial charge in [0.25, 0.3) is 11.5 Å². The first kappa shape index (κ1) is 15.9. The maximum atomic E-state index is 12.4. The molecular weight excluding hydrogens is 306 g/mol. The van der Waals surface area contributed by atoms with E-state index >= 15 is 0 Å². The van der Waals surface area contributed by atoms with Crippen molar-refractivity contribution in [1.82, 2.24) is 25.1 Å². The molecule has 24 heavy (non-hydrogen) atoms. The van der Waals surface area contributed by atoms with Gasteiger partial charge in [0.15, 0.2) is 0 Å². The molecule has 0 fully saturated rings. The molecule has 0 aliphatic rings. The van der Waals surface area contributed by atoms with Gasteiger partial charge in [-0.25, -0.2) is 4.98 Å². The van der Waals surface area contributed by atoms with Gasteiger partial charge in [0.05, 0.1) is 17.4 Å². The molecule has 124 valence electrons. The molecule has 0 unspecified atom stereocenters. The number of amides is 1. The fraction of sp³-hybridized carbons (Fsp3) is 0.294. The van der Waals surface area contributed by atoms with E-state index < -0.39 is 0 Å². The van der Waals surface area contributed by atoms with Crippen LogP contribution in [0.15, 0.2) is 35.1 Å². The SMILES string of the molecule is CCCc1cc(C(=O)N(C)Cc2nc3ccccc3c(=O)[nH]2)n[nH]1. The Balaban J connectivity index is 1.79. The van der Waals surface area contributed by atoms with Crippen molar-refractivity contribution in [3.63, 3.8) is 0 Å². The fourth-order valence-corrected chi connectivity index (χ4v) is 2.57. The Bertz CT molecular complexity index is 928. The van der Waals surface area contributed by atoms with Crippen molar-refractivity contribution in [3.05, 3.63) is 57.9 Å². The quantitative estimate of drug-likeness (QED) is 0.748.